The van der Waals surface area contributed by atoms with Gasteiger partial charge in [0.05, 0.1) is 6.42 Å². The molecular formula is C100H83IN4O5Se5. The minimum atomic E-state index is -0.170. The number of allylic oxidation sites excluding steroid dienone is 1. The van der Waals surface area contributed by atoms with Crippen LogP contribution in [0, 0.1) is 2.44 Å². The second-order valence-corrected chi connectivity index (χ2v) is 43.3. The van der Waals surface area contributed by atoms with E-state index in [0.29, 0.717) is 65.8 Å². The summed E-state index contributed by atoms with van der Waals surface area (Å²) in [5, 5.41) is 3.50. The fourth-order valence-electron chi connectivity index (χ4n) is 16.1. The van der Waals surface area contributed by atoms with Crippen molar-refractivity contribution in [2.24, 2.45) is 0 Å². The number of rotatable bonds is 5. The van der Waals surface area contributed by atoms with Crippen LogP contribution in [0.2, 0.25) is 0 Å². The van der Waals surface area contributed by atoms with Crippen LogP contribution in [0.5, 0.6) is 0 Å². The van der Waals surface area contributed by atoms with Gasteiger partial charge in [-0.1, -0.05) is 74.5 Å². The number of anilines is 11. The van der Waals surface area contributed by atoms with Gasteiger partial charge in [0, 0.05) is 27.9 Å². The molecular weight excluding hydrogens is 1860 g/mol. The van der Waals surface area contributed by atoms with Gasteiger partial charge in [-0.2, -0.15) is 0 Å². The molecule has 6 aliphatic rings. The summed E-state index contributed by atoms with van der Waals surface area (Å²) >= 11 is 4.20. The summed E-state index contributed by atoms with van der Waals surface area (Å²) in [5.41, 5.74) is 23.2. The summed E-state index contributed by atoms with van der Waals surface area (Å²) in [6.45, 7) is 18.3. The van der Waals surface area contributed by atoms with Crippen LogP contribution < -0.4 is 20.0 Å². The standard InChI is InChI=1S/C29H21NO2Se.C20H17NOSe.C19H17NSe.C15H15N.C9H6O2.C4H3ISe.C4H4Se/c1-29(2)22-11-5-7-13-24(22)30(25-14-8-6-12-23(25)29)26-16-15-18(33-26)17-21-27(31)19-9-3-4-10-20(19)28(21)32;1-20(2)15-7-3-5-9-17(15)21(18-10-6-4-8-16(18)20)19-12-11-14(13-22)23-19;1-19(2)14-8-3-5-10-16(14)20(18-12-7-13-21-18)17-11-6-4-9-15(17)19;1-15(2)11-7-3-5-9-13(11)16-14-10-6-4-8-12(14)15;10-8-5-9(11)7-4-2-1-3-6(7)8;5-4-2-1-3-6-4;1-2-4-5-3-1/h3-17H,1-2H3;3-13H,1-2H3;3-13H,1-2H3;3-10,16H,1-2H3;1-4H,5H2;1-3H;1-4H. The zero-order valence-corrected chi connectivity index (χ0v) is 75.6. The fraction of sp³-hybridized carbons (Fsp3) is 0.130. The number of benzene rings is 10. The Bertz CT molecular complexity index is 5840. The van der Waals surface area contributed by atoms with Crippen molar-refractivity contribution in [1.82, 2.24) is 0 Å². The molecule has 570 valence electrons. The monoisotopic (exact) mass is 1950 g/mol. The molecule has 0 amide bonds. The first kappa shape index (κ1) is 80.4. The third kappa shape index (κ3) is 16.2. The number of hydrogen-bond donors (Lipinski definition) is 1. The van der Waals surface area contributed by atoms with Crippen LogP contribution in [-0.2, 0) is 21.7 Å². The number of hydrogen-bond acceptors (Lipinski definition) is 9. The van der Waals surface area contributed by atoms with E-state index < -0.39 is 0 Å². The molecule has 115 heavy (non-hydrogen) atoms. The average Bonchev–Trinajstić information content (AvgIpc) is 1.47. The Morgan fingerprint density at radius 2 is 0.643 bits per heavy atom. The zero-order valence-electron chi connectivity index (χ0n) is 64.8. The molecule has 1 N–H and O–H groups in total. The Labute approximate surface area is 717 Å². The normalized spacial score (nSPS) is 14.8. The van der Waals surface area contributed by atoms with Crippen molar-refractivity contribution in [2.75, 3.05) is 20.0 Å². The molecule has 15 aromatic rings. The van der Waals surface area contributed by atoms with Crippen molar-refractivity contribution in [3.05, 3.63) is 407 Å². The van der Waals surface area contributed by atoms with E-state index in [-0.39, 0.29) is 85.8 Å². The molecule has 21 rings (SSSR count). The molecule has 0 saturated carbocycles. The number of nitrogens with one attached hydrogen (secondary N) is 1. The van der Waals surface area contributed by atoms with Gasteiger partial charge in [-0.05, 0) is 23.3 Å². The maximum atomic E-state index is 12.8. The minimum absolute atomic E-state index is 0.0310. The Morgan fingerprint density at radius 1 is 0.322 bits per heavy atom. The molecule has 5 aromatic heterocycles. The van der Waals surface area contributed by atoms with Gasteiger partial charge in [0.1, 0.15) is 0 Å². The number of ketones is 4. The van der Waals surface area contributed by atoms with Crippen LogP contribution in [0.25, 0.3) is 6.08 Å². The first-order valence-corrected chi connectivity index (χ1v) is 48.2. The van der Waals surface area contributed by atoms with E-state index in [1.165, 1.54) is 106 Å². The number of Topliss-reactive ketones (excluding diaryl/α,β-unsaturated/α-hetero) is 4. The van der Waals surface area contributed by atoms with Crippen molar-refractivity contribution in [1.29, 1.82) is 0 Å². The van der Waals surface area contributed by atoms with Gasteiger partial charge in [0.25, 0.3) is 0 Å². The number of para-hydroxylation sites is 8. The maximum absolute atomic E-state index is 12.8. The Balaban J connectivity index is 0.000000113. The molecule has 0 bridgehead atoms. The molecule has 10 aromatic carbocycles. The number of halogens is 1. The van der Waals surface area contributed by atoms with Gasteiger partial charge in [0.2, 0.25) is 0 Å². The van der Waals surface area contributed by atoms with Crippen molar-refractivity contribution < 1.29 is 24.0 Å². The van der Waals surface area contributed by atoms with Gasteiger partial charge in [-0.25, -0.2) is 0 Å². The van der Waals surface area contributed by atoms with E-state index in [1.807, 2.05) is 6.07 Å². The fourth-order valence-corrected chi connectivity index (χ4v) is 24.4. The predicted octanol–water partition coefficient (Wildman–Crippen LogP) is 23.5. The van der Waals surface area contributed by atoms with Crippen molar-refractivity contribution in [3.8, 4) is 0 Å². The quantitative estimate of drug-likeness (QED) is 0.0450. The third-order valence-corrected chi connectivity index (χ3v) is 32.2. The average molecular weight is 1940 g/mol. The molecule has 0 saturated heterocycles. The first-order valence-electron chi connectivity index (χ1n) is 38.0. The Hall–Kier alpha value is -9.78. The number of carbonyl (C=O) groups is 5. The molecule has 9 nitrogen and oxygen atoms in total. The number of fused-ring (bicyclic) bond motifs is 10. The van der Waals surface area contributed by atoms with E-state index in [9.17, 15) is 24.0 Å². The van der Waals surface area contributed by atoms with Gasteiger partial charge < -0.3 is 5.32 Å². The third-order valence-electron chi connectivity index (χ3n) is 21.8. The zero-order chi connectivity index (χ0) is 80.2. The van der Waals surface area contributed by atoms with Gasteiger partial charge >= 0.3 is 565 Å². The summed E-state index contributed by atoms with van der Waals surface area (Å²) in [4.78, 5) is 74.9. The van der Waals surface area contributed by atoms with E-state index in [1.54, 1.807) is 54.6 Å². The molecule has 0 unspecified atom stereocenters. The second-order valence-electron chi connectivity index (χ2n) is 30.3. The second kappa shape index (κ2) is 34.6. The van der Waals surface area contributed by atoms with Crippen molar-refractivity contribution in [3.63, 3.8) is 0 Å². The summed E-state index contributed by atoms with van der Waals surface area (Å²) in [6, 6.07) is 104. The summed E-state index contributed by atoms with van der Waals surface area (Å²) in [7, 11) is 0. The van der Waals surface area contributed by atoms with Crippen molar-refractivity contribution >= 4 is 190 Å². The molecule has 4 aliphatic heterocycles. The Kier molecular flexibility index (Phi) is 24.2. The summed E-state index contributed by atoms with van der Waals surface area (Å²) in [5.74, 6) is -0.441. The SMILES string of the molecule is CC1(C)c2ccccc2N(c2ccc(C=C3C(=O)c4ccccc4C3=O)[se]2)c2ccccc21.CC1(C)c2ccccc2N(c2ccc(C=O)[se]2)c2ccccc21.CC1(C)c2ccccc2N(c2ccc[se]2)c2ccccc21.CC1(C)c2ccccc2Nc2ccccc21.Ic1ccc[se]1.O=C1CC(=O)c2ccccc21.c1cc[se]c1. The van der Waals surface area contributed by atoms with Crippen LogP contribution in [0.1, 0.15) is 161 Å². The van der Waals surface area contributed by atoms with E-state index >= 15 is 0 Å². The molecule has 0 fully saturated rings. The van der Waals surface area contributed by atoms with E-state index in [4.69, 9.17) is 0 Å². The Morgan fingerprint density at radius 3 is 0.974 bits per heavy atom. The van der Waals surface area contributed by atoms with Gasteiger partial charge in [-0.15, -0.1) is 0 Å². The molecule has 2 aliphatic carbocycles. The van der Waals surface area contributed by atoms with Crippen LogP contribution in [0.15, 0.2) is 329 Å². The van der Waals surface area contributed by atoms with Crippen LogP contribution in [-0.4, -0.2) is 102 Å². The predicted molar refractivity (Wildman–Crippen MR) is 487 cm³/mol. The summed E-state index contributed by atoms with van der Waals surface area (Å²) < 4.78 is 7.25. The molecule has 0 atom stereocenters. The molecule has 15 heteroatoms. The molecule has 9 heterocycles. The topological polar surface area (TPSA) is 107 Å². The number of carbonyl (C=O) groups excluding carboxylic acids is 5. The summed E-state index contributed by atoms with van der Waals surface area (Å²) in [6.07, 6.45) is 2.84. The molecule has 0 radical (unpaired) electrons. The van der Waals surface area contributed by atoms with Crippen molar-refractivity contribution in [2.45, 2.75) is 83.5 Å². The van der Waals surface area contributed by atoms with E-state index in [0.717, 1.165) is 15.2 Å². The van der Waals surface area contributed by atoms with Gasteiger partial charge in [0.15, 0.2) is 11.6 Å². The number of aldehydes is 1. The van der Waals surface area contributed by atoms with Crippen LogP contribution in [0.3, 0.4) is 0 Å². The van der Waals surface area contributed by atoms with Crippen LogP contribution >= 0.6 is 22.6 Å². The molecule has 0 spiro atoms. The first-order chi connectivity index (χ1) is 55.7. The van der Waals surface area contributed by atoms with Gasteiger partial charge in [-0.3, -0.25) is 9.59 Å². The number of nitrogens with zero attached hydrogens (tertiary/aromatic N) is 3. The van der Waals surface area contributed by atoms with Crippen LogP contribution in [0.4, 0.5) is 59.2 Å². The van der Waals surface area contributed by atoms with E-state index in [2.05, 4.69) is 366 Å².